The topological polar surface area (TPSA) is 108 Å². The van der Waals surface area contributed by atoms with Crippen molar-refractivity contribution in [2.45, 2.75) is 31.6 Å². The Morgan fingerprint density at radius 1 is 0.867 bits per heavy atom. The lowest BCUT2D eigenvalue weighted by atomic mass is 10.1. The van der Waals surface area contributed by atoms with Crippen molar-refractivity contribution in [2.24, 2.45) is 0 Å². The zero-order valence-electron chi connectivity index (χ0n) is 16.9. The Morgan fingerprint density at radius 2 is 1.47 bits per heavy atom. The summed E-state index contributed by atoms with van der Waals surface area (Å²) in [6.07, 6.45) is -0.154. The standard InChI is InChI=1S/C21H25NO7S/c1-3-27-20(23)15-17-7-5-16(6-8-17)13-14-22-30(25,26)19-11-9-18(10-12-19)29-21(24)28-4-2/h5-12,22H,3-4,13-15H2,1-2H3. The lowest BCUT2D eigenvalue weighted by molar-refractivity contribution is -0.142. The van der Waals surface area contributed by atoms with Gasteiger partial charge in [0.05, 0.1) is 24.5 Å². The number of esters is 1. The molecule has 0 unspecified atom stereocenters. The SMILES string of the molecule is CCOC(=O)Cc1ccc(CCNS(=O)(=O)c2ccc(OC(=O)OCC)cc2)cc1. The van der Waals surface area contributed by atoms with Crippen LogP contribution >= 0.6 is 0 Å². The molecule has 8 nitrogen and oxygen atoms in total. The minimum Gasteiger partial charge on any atom is -0.466 e. The molecule has 0 aromatic heterocycles. The van der Waals surface area contributed by atoms with Gasteiger partial charge in [0.1, 0.15) is 5.75 Å². The first-order valence-electron chi connectivity index (χ1n) is 9.51. The molecule has 0 aliphatic carbocycles. The van der Waals surface area contributed by atoms with Gasteiger partial charge in [-0.1, -0.05) is 24.3 Å². The third-order valence-corrected chi connectivity index (χ3v) is 5.46. The largest absolute Gasteiger partial charge is 0.513 e. The number of hydrogen-bond acceptors (Lipinski definition) is 7. The van der Waals surface area contributed by atoms with Gasteiger partial charge in [-0.3, -0.25) is 4.79 Å². The highest BCUT2D eigenvalue weighted by Crippen LogP contribution is 2.16. The summed E-state index contributed by atoms with van der Waals surface area (Å²) in [6, 6.07) is 12.8. The van der Waals surface area contributed by atoms with Gasteiger partial charge >= 0.3 is 12.1 Å². The van der Waals surface area contributed by atoms with Gasteiger partial charge in [0.2, 0.25) is 10.0 Å². The molecule has 2 rings (SSSR count). The zero-order valence-corrected chi connectivity index (χ0v) is 17.7. The van der Waals surface area contributed by atoms with E-state index in [1.54, 1.807) is 13.8 Å². The molecule has 0 bridgehead atoms. The van der Waals surface area contributed by atoms with E-state index < -0.39 is 16.2 Å². The Bertz CT molecular complexity index is 938. The first kappa shape index (κ1) is 23.4. The normalized spacial score (nSPS) is 11.0. The second-order valence-corrected chi connectivity index (χ2v) is 7.97. The number of benzene rings is 2. The maximum absolute atomic E-state index is 12.4. The molecular formula is C21H25NO7S. The molecule has 0 saturated heterocycles. The minimum absolute atomic E-state index is 0.0588. The number of nitrogens with one attached hydrogen (secondary N) is 1. The van der Waals surface area contributed by atoms with E-state index >= 15 is 0 Å². The third kappa shape index (κ3) is 7.49. The van der Waals surface area contributed by atoms with E-state index in [-0.39, 0.29) is 36.2 Å². The number of carbonyl (C=O) groups is 2. The van der Waals surface area contributed by atoms with Crippen LogP contribution in [0.3, 0.4) is 0 Å². The molecule has 9 heteroatoms. The first-order valence-corrected chi connectivity index (χ1v) is 11.0. The first-order chi connectivity index (χ1) is 14.3. The highest BCUT2D eigenvalue weighted by atomic mass is 32.2. The molecule has 0 spiro atoms. The summed E-state index contributed by atoms with van der Waals surface area (Å²) >= 11 is 0. The average Bonchev–Trinajstić information content (AvgIpc) is 2.70. The summed E-state index contributed by atoms with van der Waals surface area (Å²) in [4.78, 5) is 22.8. The summed E-state index contributed by atoms with van der Waals surface area (Å²) < 4.78 is 41.8. The van der Waals surface area contributed by atoms with Gasteiger partial charge in [0.15, 0.2) is 0 Å². The second kappa shape index (κ2) is 11.3. The van der Waals surface area contributed by atoms with Crippen LogP contribution in [0.15, 0.2) is 53.4 Å². The maximum atomic E-state index is 12.4. The lowest BCUT2D eigenvalue weighted by Crippen LogP contribution is -2.26. The fourth-order valence-corrected chi connectivity index (χ4v) is 3.58. The van der Waals surface area contributed by atoms with Gasteiger partial charge in [-0.2, -0.15) is 0 Å². The molecular weight excluding hydrogens is 410 g/mol. The Hall–Kier alpha value is -2.91. The molecule has 162 valence electrons. The van der Waals surface area contributed by atoms with E-state index in [9.17, 15) is 18.0 Å². The van der Waals surface area contributed by atoms with Crippen molar-refractivity contribution in [3.8, 4) is 5.75 Å². The van der Waals surface area contributed by atoms with Gasteiger partial charge in [-0.15, -0.1) is 0 Å². The van der Waals surface area contributed by atoms with Crippen LogP contribution in [-0.2, 0) is 37.1 Å². The fourth-order valence-electron chi connectivity index (χ4n) is 2.55. The van der Waals surface area contributed by atoms with Crippen LogP contribution in [0.1, 0.15) is 25.0 Å². The van der Waals surface area contributed by atoms with Crippen LogP contribution in [-0.4, -0.2) is 40.3 Å². The van der Waals surface area contributed by atoms with Crippen molar-refractivity contribution >= 4 is 22.1 Å². The average molecular weight is 435 g/mol. The smallest absolute Gasteiger partial charge is 0.466 e. The Balaban J connectivity index is 1.86. The van der Waals surface area contributed by atoms with Crippen molar-refractivity contribution in [3.05, 3.63) is 59.7 Å². The Labute approximate surface area is 176 Å². The molecule has 0 aliphatic rings. The van der Waals surface area contributed by atoms with Gasteiger partial charge < -0.3 is 14.2 Å². The fraction of sp³-hybridized carbons (Fsp3) is 0.333. The van der Waals surface area contributed by atoms with Gasteiger partial charge in [-0.05, 0) is 55.7 Å². The molecule has 0 amide bonds. The van der Waals surface area contributed by atoms with Gasteiger partial charge in [0.25, 0.3) is 0 Å². The van der Waals surface area contributed by atoms with Crippen LogP contribution in [0.25, 0.3) is 0 Å². The van der Waals surface area contributed by atoms with Gasteiger partial charge in [0, 0.05) is 6.54 Å². The van der Waals surface area contributed by atoms with Crippen LogP contribution < -0.4 is 9.46 Å². The Morgan fingerprint density at radius 3 is 2.07 bits per heavy atom. The van der Waals surface area contributed by atoms with Crippen LogP contribution in [0.5, 0.6) is 5.75 Å². The predicted molar refractivity (Wildman–Crippen MR) is 110 cm³/mol. The van der Waals surface area contributed by atoms with Crippen LogP contribution in [0.2, 0.25) is 0 Å². The van der Waals surface area contributed by atoms with Crippen molar-refractivity contribution < 1.29 is 32.2 Å². The number of ether oxygens (including phenoxy) is 3. The maximum Gasteiger partial charge on any atom is 0.513 e. The van der Waals surface area contributed by atoms with Crippen LogP contribution in [0, 0.1) is 0 Å². The zero-order chi connectivity index (χ0) is 22.0. The summed E-state index contributed by atoms with van der Waals surface area (Å²) in [5.74, 6) is -0.0907. The molecule has 0 heterocycles. The monoisotopic (exact) mass is 435 g/mol. The number of hydrogen-bond donors (Lipinski definition) is 1. The highest BCUT2D eigenvalue weighted by Gasteiger charge is 2.14. The van der Waals surface area contributed by atoms with E-state index in [1.807, 2.05) is 24.3 Å². The van der Waals surface area contributed by atoms with E-state index in [2.05, 4.69) is 9.46 Å². The van der Waals surface area contributed by atoms with Gasteiger partial charge in [-0.25, -0.2) is 17.9 Å². The number of carbonyl (C=O) groups excluding carboxylic acids is 2. The summed E-state index contributed by atoms with van der Waals surface area (Å²) in [7, 11) is -3.70. The predicted octanol–water partition coefficient (Wildman–Crippen LogP) is 2.85. The van der Waals surface area contributed by atoms with Crippen molar-refractivity contribution in [1.29, 1.82) is 0 Å². The molecule has 30 heavy (non-hydrogen) atoms. The molecule has 0 fully saturated rings. The van der Waals surface area contributed by atoms with Crippen LogP contribution in [0.4, 0.5) is 4.79 Å². The van der Waals surface area contributed by atoms with E-state index in [4.69, 9.17) is 9.47 Å². The summed E-state index contributed by atoms with van der Waals surface area (Å²) in [6.45, 7) is 4.15. The Kier molecular flexibility index (Phi) is 8.82. The number of sulfonamides is 1. The molecule has 0 atom stereocenters. The summed E-state index contributed by atoms with van der Waals surface area (Å²) in [5, 5.41) is 0. The van der Waals surface area contributed by atoms with E-state index in [0.717, 1.165) is 11.1 Å². The molecule has 1 N–H and O–H groups in total. The molecule has 0 saturated carbocycles. The quantitative estimate of drug-likeness (QED) is 0.452. The third-order valence-electron chi connectivity index (χ3n) is 3.98. The second-order valence-electron chi connectivity index (χ2n) is 6.20. The molecule has 2 aromatic carbocycles. The number of rotatable bonds is 10. The van der Waals surface area contributed by atoms with Crippen molar-refractivity contribution in [1.82, 2.24) is 4.72 Å². The van der Waals surface area contributed by atoms with Crippen molar-refractivity contribution in [3.63, 3.8) is 0 Å². The van der Waals surface area contributed by atoms with E-state index in [1.165, 1.54) is 24.3 Å². The molecule has 2 aromatic rings. The molecule has 0 aliphatic heterocycles. The minimum atomic E-state index is -3.70. The molecule has 0 radical (unpaired) electrons. The summed E-state index contributed by atoms with van der Waals surface area (Å²) in [5.41, 5.74) is 1.77. The van der Waals surface area contributed by atoms with E-state index in [0.29, 0.717) is 13.0 Å². The highest BCUT2D eigenvalue weighted by molar-refractivity contribution is 7.89. The van der Waals surface area contributed by atoms with Crippen molar-refractivity contribution in [2.75, 3.05) is 19.8 Å². The lowest BCUT2D eigenvalue weighted by Gasteiger charge is -2.09.